The van der Waals surface area contributed by atoms with E-state index in [9.17, 15) is 4.79 Å². The molecule has 0 aliphatic carbocycles. The van der Waals surface area contributed by atoms with Crippen molar-refractivity contribution in [1.82, 2.24) is 9.80 Å². The highest BCUT2D eigenvalue weighted by Crippen LogP contribution is 2.32. The van der Waals surface area contributed by atoms with Gasteiger partial charge in [0, 0.05) is 58.2 Å². The van der Waals surface area contributed by atoms with Crippen molar-refractivity contribution in [2.45, 2.75) is 6.54 Å². The molecule has 7 nitrogen and oxygen atoms in total. The maximum absolute atomic E-state index is 12.5. The second-order valence-corrected chi connectivity index (χ2v) is 7.32. The molecule has 148 valence electrons. The first kappa shape index (κ1) is 18.4. The third-order valence-corrected chi connectivity index (χ3v) is 5.14. The van der Waals surface area contributed by atoms with Gasteiger partial charge in [-0.15, -0.1) is 0 Å². The second kappa shape index (κ2) is 7.98. The summed E-state index contributed by atoms with van der Waals surface area (Å²) in [5.41, 5.74) is 3.12. The fourth-order valence-electron chi connectivity index (χ4n) is 3.45. The molecule has 0 bridgehead atoms. The molecule has 0 atom stereocenters. The first-order valence-electron chi connectivity index (χ1n) is 9.53. The smallest absolute Gasteiger partial charge is 0.321 e. The number of hydrogen-bond donors (Lipinski definition) is 1. The number of carbonyl (C=O) groups is 1. The quantitative estimate of drug-likeness (QED) is 0.881. The molecule has 0 spiro atoms. The lowest BCUT2D eigenvalue weighted by atomic mass is 10.1. The Hall–Kier alpha value is -2.93. The molecule has 2 aliphatic rings. The summed E-state index contributed by atoms with van der Waals surface area (Å²) in [5.74, 6) is 1.62. The number of nitrogens with one attached hydrogen (secondary N) is 1. The highest BCUT2D eigenvalue weighted by Gasteiger charge is 2.22. The standard InChI is InChI=1S/C21H26N4O3/c1-23(2)18-6-4-17(5-7-18)22-21(26)25-11-9-24(10-12-25)14-16-3-8-19-20(13-16)28-15-27-19/h3-8,13H,9-12,14-15H2,1-2H3,(H,22,26). The predicted molar refractivity (Wildman–Crippen MR) is 109 cm³/mol. The molecular formula is C21H26N4O3. The van der Waals surface area contributed by atoms with E-state index in [-0.39, 0.29) is 6.03 Å². The van der Waals surface area contributed by atoms with Gasteiger partial charge in [0.1, 0.15) is 0 Å². The van der Waals surface area contributed by atoms with Crippen LogP contribution in [0.2, 0.25) is 0 Å². The van der Waals surface area contributed by atoms with E-state index >= 15 is 0 Å². The molecule has 1 saturated heterocycles. The van der Waals surface area contributed by atoms with Crippen molar-refractivity contribution in [3.05, 3.63) is 48.0 Å². The minimum absolute atomic E-state index is 0.0414. The summed E-state index contributed by atoms with van der Waals surface area (Å²) in [7, 11) is 3.99. The Morgan fingerprint density at radius 3 is 2.43 bits per heavy atom. The fourth-order valence-corrected chi connectivity index (χ4v) is 3.45. The Balaban J connectivity index is 1.27. The van der Waals surface area contributed by atoms with E-state index in [2.05, 4.69) is 16.3 Å². The number of anilines is 2. The van der Waals surface area contributed by atoms with Gasteiger partial charge in [0.2, 0.25) is 6.79 Å². The maximum atomic E-state index is 12.5. The maximum Gasteiger partial charge on any atom is 0.321 e. The van der Waals surface area contributed by atoms with Gasteiger partial charge >= 0.3 is 6.03 Å². The average Bonchev–Trinajstić information content (AvgIpc) is 3.17. The zero-order valence-electron chi connectivity index (χ0n) is 16.4. The van der Waals surface area contributed by atoms with Crippen molar-refractivity contribution in [1.29, 1.82) is 0 Å². The van der Waals surface area contributed by atoms with E-state index in [0.717, 1.165) is 42.5 Å². The van der Waals surface area contributed by atoms with Gasteiger partial charge in [0.25, 0.3) is 0 Å². The molecule has 2 aromatic rings. The number of ether oxygens (including phenoxy) is 2. The van der Waals surface area contributed by atoms with E-state index < -0.39 is 0 Å². The van der Waals surface area contributed by atoms with Crippen LogP contribution in [0, 0.1) is 0 Å². The Labute approximate surface area is 165 Å². The summed E-state index contributed by atoms with van der Waals surface area (Å²) >= 11 is 0. The SMILES string of the molecule is CN(C)c1ccc(NC(=O)N2CCN(Cc3ccc4c(c3)OCO4)CC2)cc1. The number of urea groups is 1. The number of benzene rings is 2. The highest BCUT2D eigenvalue weighted by atomic mass is 16.7. The van der Waals surface area contributed by atoms with Gasteiger partial charge in [-0.25, -0.2) is 4.79 Å². The topological polar surface area (TPSA) is 57.3 Å². The molecule has 1 fully saturated rings. The molecule has 0 saturated carbocycles. The molecule has 2 heterocycles. The predicted octanol–water partition coefficient (Wildman–Crippen LogP) is 2.83. The van der Waals surface area contributed by atoms with E-state index in [1.54, 1.807) is 0 Å². The number of carbonyl (C=O) groups excluding carboxylic acids is 1. The first-order chi connectivity index (χ1) is 13.6. The molecule has 7 heteroatoms. The van der Waals surface area contributed by atoms with Crippen molar-refractivity contribution in [3.8, 4) is 11.5 Å². The zero-order valence-corrected chi connectivity index (χ0v) is 16.4. The molecule has 4 rings (SSSR count). The minimum atomic E-state index is -0.0414. The largest absolute Gasteiger partial charge is 0.454 e. The Kier molecular flexibility index (Phi) is 5.25. The molecule has 2 amide bonds. The van der Waals surface area contributed by atoms with Crippen LogP contribution in [0.25, 0.3) is 0 Å². The fraction of sp³-hybridized carbons (Fsp3) is 0.381. The first-order valence-corrected chi connectivity index (χ1v) is 9.53. The van der Waals surface area contributed by atoms with Crippen LogP contribution in [0.3, 0.4) is 0 Å². The van der Waals surface area contributed by atoms with Crippen LogP contribution in [0.1, 0.15) is 5.56 Å². The molecule has 2 aliphatic heterocycles. The molecule has 0 radical (unpaired) electrons. The molecule has 28 heavy (non-hydrogen) atoms. The van der Waals surface area contributed by atoms with E-state index in [1.165, 1.54) is 5.56 Å². The highest BCUT2D eigenvalue weighted by molar-refractivity contribution is 5.89. The number of amides is 2. The number of nitrogens with zero attached hydrogens (tertiary/aromatic N) is 3. The van der Waals surface area contributed by atoms with Crippen LogP contribution in [0.5, 0.6) is 11.5 Å². The second-order valence-electron chi connectivity index (χ2n) is 7.32. The summed E-state index contributed by atoms with van der Waals surface area (Å²) in [4.78, 5) is 18.8. The Morgan fingerprint density at radius 1 is 1.00 bits per heavy atom. The van der Waals surface area contributed by atoms with Crippen LogP contribution < -0.4 is 19.7 Å². The van der Waals surface area contributed by atoms with E-state index in [0.29, 0.717) is 19.9 Å². The Morgan fingerprint density at radius 2 is 1.71 bits per heavy atom. The van der Waals surface area contributed by atoms with Crippen molar-refractivity contribution < 1.29 is 14.3 Å². The van der Waals surface area contributed by atoms with E-state index in [1.807, 2.05) is 60.3 Å². The molecule has 2 aromatic carbocycles. The normalized spacial score (nSPS) is 16.1. The van der Waals surface area contributed by atoms with Crippen LogP contribution in [-0.4, -0.2) is 62.9 Å². The van der Waals surface area contributed by atoms with Crippen molar-refractivity contribution >= 4 is 17.4 Å². The molecule has 0 unspecified atom stereocenters. The van der Waals surface area contributed by atoms with Crippen molar-refractivity contribution in [3.63, 3.8) is 0 Å². The number of rotatable bonds is 4. The number of fused-ring (bicyclic) bond motifs is 1. The Bertz CT molecular complexity index is 830. The van der Waals surface area contributed by atoms with Crippen molar-refractivity contribution in [2.75, 3.05) is 57.3 Å². The van der Waals surface area contributed by atoms with Crippen LogP contribution >= 0.6 is 0 Å². The molecule has 1 N–H and O–H groups in total. The summed E-state index contributed by atoms with van der Waals surface area (Å²) in [6, 6.07) is 13.9. The third-order valence-electron chi connectivity index (χ3n) is 5.14. The van der Waals surface area contributed by atoms with Gasteiger partial charge in [0.05, 0.1) is 0 Å². The lowest BCUT2D eigenvalue weighted by molar-refractivity contribution is 0.143. The van der Waals surface area contributed by atoms with Gasteiger partial charge < -0.3 is 24.6 Å². The third kappa shape index (κ3) is 4.14. The summed E-state index contributed by atoms with van der Waals surface area (Å²) < 4.78 is 10.8. The van der Waals surface area contributed by atoms with Crippen LogP contribution in [-0.2, 0) is 6.54 Å². The van der Waals surface area contributed by atoms with Gasteiger partial charge in [-0.2, -0.15) is 0 Å². The van der Waals surface area contributed by atoms with Gasteiger partial charge in [-0.05, 0) is 42.0 Å². The average molecular weight is 382 g/mol. The van der Waals surface area contributed by atoms with Gasteiger partial charge in [-0.3, -0.25) is 4.90 Å². The van der Waals surface area contributed by atoms with Gasteiger partial charge in [0.15, 0.2) is 11.5 Å². The number of piperazine rings is 1. The van der Waals surface area contributed by atoms with Gasteiger partial charge in [-0.1, -0.05) is 6.07 Å². The van der Waals surface area contributed by atoms with E-state index in [4.69, 9.17) is 9.47 Å². The summed E-state index contributed by atoms with van der Waals surface area (Å²) in [6.07, 6.45) is 0. The molecular weight excluding hydrogens is 356 g/mol. The zero-order chi connectivity index (χ0) is 19.5. The van der Waals surface area contributed by atoms with Crippen LogP contribution in [0.4, 0.5) is 16.2 Å². The lowest BCUT2D eigenvalue weighted by Gasteiger charge is -2.34. The van der Waals surface area contributed by atoms with Crippen molar-refractivity contribution in [2.24, 2.45) is 0 Å². The molecule has 0 aromatic heterocycles. The summed E-state index contributed by atoms with van der Waals surface area (Å²) in [6.45, 7) is 4.27. The number of hydrogen-bond acceptors (Lipinski definition) is 5. The monoisotopic (exact) mass is 382 g/mol. The lowest BCUT2D eigenvalue weighted by Crippen LogP contribution is -2.49. The minimum Gasteiger partial charge on any atom is -0.454 e. The van der Waals surface area contributed by atoms with Crippen LogP contribution in [0.15, 0.2) is 42.5 Å². The summed E-state index contributed by atoms with van der Waals surface area (Å²) in [5, 5.41) is 2.99.